The van der Waals surface area contributed by atoms with Gasteiger partial charge in [0.15, 0.2) is 12.6 Å². The van der Waals surface area contributed by atoms with Crippen LogP contribution in [0, 0.1) is 11.8 Å². The van der Waals surface area contributed by atoms with Gasteiger partial charge in [-0.05, 0) is 30.5 Å². The summed E-state index contributed by atoms with van der Waals surface area (Å²) in [4.78, 5) is 18.5. The van der Waals surface area contributed by atoms with Crippen molar-refractivity contribution in [3.05, 3.63) is 29.8 Å². The zero-order chi connectivity index (χ0) is 20.7. The van der Waals surface area contributed by atoms with Crippen LogP contribution in [0.2, 0.25) is 0 Å². The fourth-order valence-corrected chi connectivity index (χ4v) is 3.05. The van der Waals surface area contributed by atoms with E-state index in [9.17, 15) is 18.0 Å². The normalized spacial score (nSPS) is 20.2. The lowest BCUT2D eigenvalue weighted by molar-refractivity contribution is -0.153. The van der Waals surface area contributed by atoms with E-state index in [1.54, 1.807) is 12.1 Å². The van der Waals surface area contributed by atoms with Gasteiger partial charge in [-0.2, -0.15) is 13.2 Å². The molecule has 1 aliphatic heterocycles. The van der Waals surface area contributed by atoms with Gasteiger partial charge in [-0.15, -0.1) is 0 Å². The molecule has 0 spiro atoms. The summed E-state index contributed by atoms with van der Waals surface area (Å²) in [5.41, 5.74) is 0.839. The summed E-state index contributed by atoms with van der Waals surface area (Å²) in [7, 11) is 1.39. The Morgan fingerprint density at radius 1 is 1.29 bits per heavy atom. The van der Waals surface area contributed by atoms with Crippen LogP contribution in [0.1, 0.15) is 19.4 Å². The minimum Gasteiger partial charge on any atom is -0.484 e. The highest BCUT2D eigenvalue weighted by molar-refractivity contribution is 5.82. The molecule has 1 heterocycles. The van der Waals surface area contributed by atoms with Gasteiger partial charge in [-0.1, -0.05) is 19.1 Å². The van der Waals surface area contributed by atoms with Crippen LogP contribution in [0.4, 0.5) is 13.2 Å². The van der Waals surface area contributed by atoms with E-state index in [0.29, 0.717) is 32.1 Å². The van der Waals surface area contributed by atoms with Gasteiger partial charge in [0.2, 0.25) is 0 Å². The predicted molar refractivity (Wildman–Crippen MR) is 99.1 cm³/mol. The summed E-state index contributed by atoms with van der Waals surface area (Å²) in [6.45, 7) is 4.90. The molecule has 0 saturated carbocycles. The van der Waals surface area contributed by atoms with E-state index in [0.717, 1.165) is 5.56 Å². The summed E-state index contributed by atoms with van der Waals surface area (Å²) in [6, 6.07) is 6.36. The minimum atomic E-state index is -4.36. The molecule has 0 bridgehead atoms. The summed E-state index contributed by atoms with van der Waals surface area (Å²) in [5.74, 6) is 0.588. The molecule has 0 amide bonds. The second-order valence-electron chi connectivity index (χ2n) is 6.73. The first kappa shape index (κ1) is 21.8. The summed E-state index contributed by atoms with van der Waals surface area (Å²) in [5, 5.41) is 3.22. The van der Waals surface area contributed by atoms with Crippen LogP contribution in [0.5, 0.6) is 5.75 Å². The van der Waals surface area contributed by atoms with E-state index in [1.807, 2.05) is 18.7 Å². The smallest absolute Gasteiger partial charge is 0.422 e. The number of carbonyl (C=O) groups excluding carboxylic acids is 1. The van der Waals surface area contributed by atoms with Gasteiger partial charge < -0.3 is 19.7 Å². The first-order chi connectivity index (χ1) is 13.2. The number of likely N-dealkylation sites (tertiary alicyclic amines) is 1. The van der Waals surface area contributed by atoms with E-state index in [2.05, 4.69) is 10.3 Å². The van der Waals surface area contributed by atoms with Gasteiger partial charge in [0.25, 0.3) is 0 Å². The SMILES string of the molecule is CCNC(=NCc1ccc(OCC(F)(F)F)cc1)N1CC(C)C(C(=O)OC)C1. The maximum Gasteiger partial charge on any atom is 0.422 e. The maximum atomic E-state index is 12.2. The van der Waals surface area contributed by atoms with E-state index >= 15 is 0 Å². The Kier molecular flexibility index (Phi) is 7.53. The number of hydrogen-bond donors (Lipinski definition) is 1. The third kappa shape index (κ3) is 6.31. The molecule has 1 aliphatic rings. The molecule has 0 aromatic heterocycles. The highest BCUT2D eigenvalue weighted by atomic mass is 19.4. The third-order valence-corrected chi connectivity index (χ3v) is 4.49. The number of hydrogen-bond acceptors (Lipinski definition) is 4. The van der Waals surface area contributed by atoms with E-state index < -0.39 is 12.8 Å². The lowest BCUT2D eigenvalue weighted by Gasteiger charge is -2.21. The fourth-order valence-electron chi connectivity index (χ4n) is 3.05. The monoisotopic (exact) mass is 401 g/mol. The largest absolute Gasteiger partial charge is 0.484 e. The predicted octanol–water partition coefficient (Wildman–Crippen LogP) is 2.83. The number of ether oxygens (including phenoxy) is 2. The number of rotatable bonds is 6. The summed E-state index contributed by atoms with van der Waals surface area (Å²) in [6.07, 6.45) is -4.36. The van der Waals surface area contributed by atoms with Crippen LogP contribution in [0.15, 0.2) is 29.3 Å². The standard InChI is InChI=1S/C19H26F3N3O3/c1-4-23-18(25-10-13(2)16(11-25)17(26)27-3)24-9-14-5-7-15(8-6-14)28-12-19(20,21)22/h5-8,13,16H,4,9-12H2,1-3H3,(H,23,24). The lowest BCUT2D eigenvalue weighted by atomic mass is 9.99. The van der Waals surface area contributed by atoms with Crippen molar-refractivity contribution in [2.24, 2.45) is 16.8 Å². The molecule has 1 N–H and O–H groups in total. The highest BCUT2D eigenvalue weighted by Crippen LogP contribution is 2.24. The Morgan fingerprint density at radius 2 is 1.96 bits per heavy atom. The van der Waals surface area contributed by atoms with Crippen molar-refractivity contribution < 1.29 is 27.4 Å². The molecule has 6 nitrogen and oxygen atoms in total. The average Bonchev–Trinajstić information content (AvgIpc) is 3.04. The second-order valence-corrected chi connectivity index (χ2v) is 6.73. The topological polar surface area (TPSA) is 63.2 Å². The number of aliphatic imine (C=N–C) groups is 1. The molecule has 1 saturated heterocycles. The Bertz CT molecular complexity index is 677. The third-order valence-electron chi connectivity index (χ3n) is 4.49. The second kappa shape index (κ2) is 9.66. The molecular formula is C19H26F3N3O3. The molecule has 2 atom stereocenters. The molecule has 28 heavy (non-hydrogen) atoms. The Hall–Kier alpha value is -2.45. The highest BCUT2D eigenvalue weighted by Gasteiger charge is 2.36. The maximum absolute atomic E-state index is 12.2. The number of alkyl halides is 3. The number of methoxy groups -OCH3 is 1. The van der Waals surface area contributed by atoms with Crippen molar-refractivity contribution in [1.29, 1.82) is 0 Å². The first-order valence-corrected chi connectivity index (χ1v) is 9.13. The molecule has 2 unspecified atom stereocenters. The van der Waals surface area contributed by atoms with E-state index in [-0.39, 0.29) is 23.6 Å². The number of guanidine groups is 1. The zero-order valence-corrected chi connectivity index (χ0v) is 16.3. The molecule has 2 rings (SSSR count). The van der Waals surface area contributed by atoms with E-state index in [1.165, 1.54) is 19.2 Å². The van der Waals surface area contributed by atoms with Crippen molar-refractivity contribution in [2.45, 2.75) is 26.6 Å². The molecular weight excluding hydrogens is 375 g/mol. The Labute approximate surface area is 162 Å². The van der Waals surface area contributed by atoms with Crippen LogP contribution in [0.3, 0.4) is 0 Å². The van der Waals surface area contributed by atoms with Gasteiger partial charge >= 0.3 is 12.1 Å². The molecule has 1 aromatic carbocycles. The van der Waals surface area contributed by atoms with Crippen molar-refractivity contribution in [3.8, 4) is 5.75 Å². The minimum absolute atomic E-state index is 0.154. The molecule has 1 aromatic rings. The van der Waals surface area contributed by atoms with Crippen LogP contribution in [-0.2, 0) is 16.1 Å². The Balaban J connectivity index is 2.00. The van der Waals surface area contributed by atoms with Crippen molar-refractivity contribution >= 4 is 11.9 Å². The number of esters is 1. The number of halogens is 3. The summed E-state index contributed by atoms with van der Waals surface area (Å²) >= 11 is 0. The van der Waals surface area contributed by atoms with Crippen LogP contribution in [0.25, 0.3) is 0 Å². The zero-order valence-electron chi connectivity index (χ0n) is 16.3. The van der Waals surface area contributed by atoms with Crippen LogP contribution >= 0.6 is 0 Å². The first-order valence-electron chi connectivity index (χ1n) is 9.13. The Morgan fingerprint density at radius 3 is 2.54 bits per heavy atom. The molecule has 0 radical (unpaired) electrons. The number of nitrogens with zero attached hydrogens (tertiary/aromatic N) is 2. The van der Waals surface area contributed by atoms with Crippen molar-refractivity contribution in [2.75, 3.05) is 33.4 Å². The van der Waals surface area contributed by atoms with Crippen LogP contribution in [-0.4, -0.2) is 56.4 Å². The summed E-state index contributed by atoms with van der Waals surface area (Å²) < 4.78 is 46.2. The van der Waals surface area contributed by atoms with E-state index in [4.69, 9.17) is 9.47 Å². The van der Waals surface area contributed by atoms with Crippen molar-refractivity contribution in [3.63, 3.8) is 0 Å². The van der Waals surface area contributed by atoms with Gasteiger partial charge in [-0.3, -0.25) is 4.79 Å². The van der Waals surface area contributed by atoms with Crippen LogP contribution < -0.4 is 10.1 Å². The van der Waals surface area contributed by atoms with Gasteiger partial charge in [0.05, 0.1) is 19.6 Å². The molecule has 9 heteroatoms. The molecule has 0 aliphatic carbocycles. The van der Waals surface area contributed by atoms with Gasteiger partial charge in [0, 0.05) is 19.6 Å². The number of benzene rings is 1. The average molecular weight is 401 g/mol. The lowest BCUT2D eigenvalue weighted by Crippen LogP contribution is -2.40. The molecule has 156 valence electrons. The van der Waals surface area contributed by atoms with Gasteiger partial charge in [-0.25, -0.2) is 4.99 Å². The molecule has 1 fully saturated rings. The van der Waals surface area contributed by atoms with Gasteiger partial charge in [0.1, 0.15) is 5.75 Å². The fraction of sp³-hybridized carbons (Fsp3) is 0.579. The number of nitrogens with one attached hydrogen (secondary N) is 1. The number of carbonyl (C=O) groups is 1. The quantitative estimate of drug-likeness (QED) is 0.451. The van der Waals surface area contributed by atoms with Crippen molar-refractivity contribution in [1.82, 2.24) is 10.2 Å².